The van der Waals surface area contributed by atoms with Crippen LogP contribution < -0.4 is 11.1 Å². The second kappa shape index (κ2) is 8.68. The normalized spacial score (nSPS) is 8.20. The van der Waals surface area contributed by atoms with Crippen molar-refractivity contribution in [3.8, 4) is 0 Å². The van der Waals surface area contributed by atoms with Gasteiger partial charge in [-0.15, -0.1) is 12.4 Å². The third-order valence-corrected chi connectivity index (χ3v) is 0.805. The molecule has 0 atom stereocenters. The van der Waals surface area contributed by atoms with Crippen LogP contribution in [-0.2, 0) is 4.79 Å². The molecule has 5 heteroatoms. The van der Waals surface area contributed by atoms with Crippen LogP contribution in [0.25, 0.3) is 0 Å². The van der Waals surface area contributed by atoms with Crippen molar-refractivity contribution in [2.45, 2.75) is 6.42 Å². The van der Waals surface area contributed by atoms with E-state index < -0.39 is 0 Å². The first-order valence-electron chi connectivity index (χ1n) is 2.89. The number of amides is 1. The SMILES string of the molecule is Cl.NCCC(=O)NCCO. The second-order valence-corrected chi connectivity index (χ2v) is 1.61. The van der Waals surface area contributed by atoms with Gasteiger partial charge in [-0.25, -0.2) is 0 Å². The Morgan fingerprint density at radius 2 is 2.20 bits per heavy atom. The van der Waals surface area contributed by atoms with Crippen molar-refractivity contribution in [3.05, 3.63) is 0 Å². The second-order valence-electron chi connectivity index (χ2n) is 1.61. The number of halogens is 1. The van der Waals surface area contributed by atoms with Crippen LogP contribution in [0.4, 0.5) is 0 Å². The number of carbonyl (C=O) groups is 1. The third kappa shape index (κ3) is 7.68. The fourth-order valence-corrected chi connectivity index (χ4v) is 0.415. The Morgan fingerprint density at radius 3 is 2.60 bits per heavy atom. The molecule has 0 bridgehead atoms. The summed E-state index contributed by atoms with van der Waals surface area (Å²) in [7, 11) is 0. The third-order valence-electron chi connectivity index (χ3n) is 0.805. The highest BCUT2D eigenvalue weighted by atomic mass is 35.5. The molecule has 4 nitrogen and oxygen atoms in total. The molecule has 0 radical (unpaired) electrons. The zero-order valence-electron chi connectivity index (χ0n) is 5.67. The predicted octanol–water partition coefficient (Wildman–Crippen LogP) is -1.13. The van der Waals surface area contributed by atoms with Gasteiger partial charge in [-0.05, 0) is 0 Å². The van der Waals surface area contributed by atoms with Gasteiger partial charge in [0.2, 0.25) is 5.91 Å². The number of hydrogen-bond donors (Lipinski definition) is 3. The lowest BCUT2D eigenvalue weighted by molar-refractivity contribution is -0.121. The minimum Gasteiger partial charge on any atom is -0.395 e. The maximum absolute atomic E-state index is 10.5. The molecule has 0 heterocycles. The van der Waals surface area contributed by atoms with Gasteiger partial charge in [0.1, 0.15) is 0 Å². The molecule has 0 aromatic rings. The van der Waals surface area contributed by atoms with Crippen LogP contribution in [0.15, 0.2) is 0 Å². The summed E-state index contributed by atoms with van der Waals surface area (Å²) in [4.78, 5) is 10.5. The number of hydrogen-bond acceptors (Lipinski definition) is 3. The molecule has 1 amide bonds. The van der Waals surface area contributed by atoms with Crippen molar-refractivity contribution in [2.24, 2.45) is 5.73 Å². The van der Waals surface area contributed by atoms with Gasteiger partial charge in [0.15, 0.2) is 0 Å². The van der Waals surface area contributed by atoms with E-state index in [-0.39, 0.29) is 24.9 Å². The van der Waals surface area contributed by atoms with Gasteiger partial charge < -0.3 is 16.2 Å². The lowest BCUT2D eigenvalue weighted by Crippen LogP contribution is -2.27. The average molecular weight is 169 g/mol. The fourth-order valence-electron chi connectivity index (χ4n) is 0.415. The molecule has 62 valence electrons. The maximum Gasteiger partial charge on any atom is 0.221 e. The van der Waals surface area contributed by atoms with Crippen molar-refractivity contribution in [1.82, 2.24) is 5.32 Å². The summed E-state index contributed by atoms with van der Waals surface area (Å²) in [5.74, 6) is -0.105. The van der Waals surface area contributed by atoms with Crippen molar-refractivity contribution >= 4 is 18.3 Å². The molecule has 0 saturated carbocycles. The molecule has 0 aliphatic rings. The Balaban J connectivity index is 0. The van der Waals surface area contributed by atoms with Gasteiger partial charge in [0.25, 0.3) is 0 Å². The summed E-state index contributed by atoms with van der Waals surface area (Å²) < 4.78 is 0. The molecule has 0 aromatic heterocycles. The molecule has 0 aliphatic heterocycles. The van der Waals surface area contributed by atoms with Crippen molar-refractivity contribution in [1.29, 1.82) is 0 Å². The number of carbonyl (C=O) groups excluding carboxylic acids is 1. The highest BCUT2D eigenvalue weighted by Crippen LogP contribution is 1.71. The zero-order valence-corrected chi connectivity index (χ0v) is 6.49. The van der Waals surface area contributed by atoms with Crippen molar-refractivity contribution < 1.29 is 9.90 Å². The Hall–Kier alpha value is -0.320. The van der Waals surface area contributed by atoms with Gasteiger partial charge in [0, 0.05) is 19.5 Å². The summed E-state index contributed by atoms with van der Waals surface area (Å²) >= 11 is 0. The minimum atomic E-state index is -0.105. The van der Waals surface area contributed by atoms with Crippen LogP contribution in [0.1, 0.15) is 6.42 Å². The summed E-state index contributed by atoms with van der Waals surface area (Å²) in [6.45, 7) is 0.659. The lowest BCUT2D eigenvalue weighted by Gasteiger charge is -1.98. The number of aliphatic hydroxyl groups is 1. The van der Waals surface area contributed by atoms with Crippen LogP contribution in [0.2, 0.25) is 0 Å². The van der Waals surface area contributed by atoms with Crippen LogP contribution in [0, 0.1) is 0 Å². The molecule has 0 fully saturated rings. The molecule has 10 heavy (non-hydrogen) atoms. The summed E-state index contributed by atoms with van der Waals surface area (Å²) in [6, 6.07) is 0. The molecule has 0 rings (SSSR count). The summed E-state index contributed by atoms with van der Waals surface area (Å²) in [5.41, 5.74) is 5.08. The number of nitrogens with one attached hydrogen (secondary N) is 1. The van der Waals surface area contributed by atoms with Gasteiger partial charge in [-0.1, -0.05) is 0 Å². The Bertz CT molecular complexity index is 89.7. The zero-order chi connectivity index (χ0) is 7.11. The molecule has 0 saturated heterocycles. The Morgan fingerprint density at radius 1 is 1.60 bits per heavy atom. The average Bonchev–Trinajstić information content (AvgIpc) is 1.85. The van der Waals surface area contributed by atoms with E-state index in [9.17, 15) is 4.79 Å². The molecule has 0 spiro atoms. The maximum atomic E-state index is 10.5. The monoisotopic (exact) mass is 168 g/mol. The fraction of sp³-hybridized carbons (Fsp3) is 0.800. The first-order chi connectivity index (χ1) is 4.31. The van der Waals surface area contributed by atoms with E-state index >= 15 is 0 Å². The Kier molecular flexibility index (Phi) is 10.7. The van der Waals surface area contributed by atoms with Gasteiger partial charge >= 0.3 is 0 Å². The highest BCUT2D eigenvalue weighted by molar-refractivity contribution is 5.85. The highest BCUT2D eigenvalue weighted by Gasteiger charge is 1.94. The van der Waals surface area contributed by atoms with Crippen LogP contribution in [-0.4, -0.2) is 30.7 Å². The van der Waals surface area contributed by atoms with E-state index in [0.29, 0.717) is 19.5 Å². The predicted molar refractivity (Wildman–Crippen MR) is 41.0 cm³/mol. The van der Waals surface area contributed by atoms with Crippen molar-refractivity contribution in [3.63, 3.8) is 0 Å². The van der Waals surface area contributed by atoms with E-state index in [1.807, 2.05) is 0 Å². The standard InChI is InChI=1S/C5H12N2O2.ClH/c6-2-1-5(9)7-3-4-8;/h8H,1-4,6H2,(H,7,9);1H. The quantitative estimate of drug-likeness (QED) is 0.497. The Labute approximate surface area is 66.2 Å². The summed E-state index contributed by atoms with van der Waals surface area (Å²) in [6.07, 6.45) is 0.333. The van der Waals surface area contributed by atoms with Crippen LogP contribution >= 0.6 is 12.4 Å². The van der Waals surface area contributed by atoms with Gasteiger partial charge in [-0.3, -0.25) is 4.79 Å². The minimum absolute atomic E-state index is 0. The lowest BCUT2D eigenvalue weighted by atomic mass is 10.4. The van der Waals surface area contributed by atoms with Crippen LogP contribution in [0.5, 0.6) is 0 Å². The summed E-state index contributed by atoms with van der Waals surface area (Å²) in [5, 5.41) is 10.7. The molecule has 0 aliphatic carbocycles. The van der Waals surface area contributed by atoms with Crippen molar-refractivity contribution in [2.75, 3.05) is 19.7 Å². The van der Waals surface area contributed by atoms with Gasteiger partial charge in [-0.2, -0.15) is 0 Å². The van der Waals surface area contributed by atoms with Gasteiger partial charge in [0.05, 0.1) is 6.61 Å². The number of nitrogens with two attached hydrogens (primary N) is 1. The van der Waals surface area contributed by atoms with Crippen LogP contribution in [0.3, 0.4) is 0 Å². The van der Waals surface area contributed by atoms with E-state index in [4.69, 9.17) is 10.8 Å². The molecular weight excluding hydrogens is 156 g/mol. The van der Waals surface area contributed by atoms with E-state index in [2.05, 4.69) is 5.32 Å². The molecular formula is C5H13ClN2O2. The van der Waals surface area contributed by atoms with E-state index in [0.717, 1.165) is 0 Å². The number of aliphatic hydroxyl groups excluding tert-OH is 1. The topological polar surface area (TPSA) is 75.4 Å². The largest absolute Gasteiger partial charge is 0.395 e. The first-order valence-corrected chi connectivity index (χ1v) is 2.89. The molecule has 4 N–H and O–H groups in total. The smallest absolute Gasteiger partial charge is 0.221 e. The van der Waals surface area contributed by atoms with E-state index in [1.165, 1.54) is 0 Å². The van der Waals surface area contributed by atoms with E-state index in [1.54, 1.807) is 0 Å². The molecule has 0 unspecified atom stereocenters. The molecule has 0 aromatic carbocycles. The number of rotatable bonds is 4. The first kappa shape index (κ1) is 12.4.